The Kier molecular flexibility index (Phi) is 5.18. The number of hydrogen-bond acceptors (Lipinski definition) is 7. The lowest BCUT2D eigenvalue weighted by Gasteiger charge is -2.49. The summed E-state index contributed by atoms with van der Waals surface area (Å²) in [6.45, 7) is -0.296. The molecule has 1 unspecified atom stereocenters. The Balaban J connectivity index is 1.69. The fourth-order valence-electron chi connectivity index (χ4n) is 2.75. The number of carboxylic acids is 1. The second kappa shape index (κ2) is 7.38. The van der Waals surface area contributed by atoms with Gasteiger partial charge in [-0.25, -0.2) is 9.59 Å². The van der Waals surface area contributed by atoms with Crippen LogP contribution < -0.4 is 11.1 Å². The molecule has 1 aromatic rings. The minimum absolute atomic E-state index is 0.165. The molecule has 0 aliphatic carbocycles. The Bertz CT molecular complexity index is 791. The summed E-state index contributed by atoms with van der Waals surface area (Å²) in [6.07, 6.45) is -0.860. The number of primary amides is 1. The minimum atomic E-state index is -1.30. The average molecular weight is 397 g/mol. The average Bonchev–Trinajstić information content (AvgIpc) is 3.09. The van der Waals surface area contributed by atoms with E-state index in [4.69, 9.17) is 5.73 Å². The molecule has 2 aliphatic heterocycles. The van der Waals surface area contributed by atoms with Crippen molar-refractivity contribution in [2.45, 2.75) is 17.8 Å². The number of nitrogens with one attached hydrogen (secondary N) is 1. The predicted octanol–water partition coefficient (Wildman–Crippen LogP) is 0.125. The number of thioether (sulfide) groups is 1. The van der Waals surface area contributed by atoms with Gasteiger partial charge in [-0.3, -0.25) is 14.5 Å². The van der Waals surface area contributed by atoms with Crippen LogP contribution in [0, 0.1) is 0 Å². The molecule has 26 heavy (non-hydrogen) atoms. The number of fused-ring (bicyclic) bond motifs is 1. The van der Waals surface area contributed by atoms with E-state index in [1.54, 1.807) is 0 Å². The molecule has 1 aromatic heterocycles. The molecule has 11 heteroatoms. The van der Waals surface area contributed by atoms with Crippen LogP contribution in [0.4, 0.5) is 4.79 Å². The van der Waals surface area contributed by atoms with Crippen LogP contribution in [0.5, 0.6) is 0 Å². The Hall–Kier alpha value is -2.53. The van der Waals surface area contributed by atoms with Crippen molar-refractivity contribution in [2.24, 2.45) is 5.73 Å². The smallest absolute Gasteiger partial charge is 0.404 e. The van der Waals surface area contributed by atoms with Crippen molar-refractivity contribution < 1.29 is 29.0 Å². The van der Waals surface area contributed by atoms with E-state index >= 15 is 0 Å². The Morgan fingerprint density at radius 1 is 1.42 bits per heavy atom. The normalized spacial score (nSPS) is 21.7. The standard InChI is InChI=1S/C15H15N3O6S2/c16-15(23)24-5-7-6-26-13-10(12(20)18(13)11(7)14(21)22)17-9(19)4-8-2-1-3-25-8/h1-3,10,13H,4-6H2,(H2,16,23)(H,17,19)(H,21,22)/t10?,13-/m0/s1. The van der Waals surface area contributed by atoms with Crippen molar-refractivity contribution in [3.63, 3.8) is 0 Å². The summed E-state index contributed by atoms with van der Waals surface area (Å²) in [6, 6.07) is 2.88. The number of ether oxygens (including phenoxy) is 1. The summed E-state index contributed by atoms with van der Waals surface area (Å²) in [5.74, 6) is -1.85. The number of thiophene rings is 1. The third-order valence-corrected chi connectivity index (χ3v) is 6.09. The molecule has 0 spiro atoms. The van der Waals surface area contributed by atoms with Crippen LogP contribution in [-0.2, 0) is 25.5 Å². The fraction of sp³-hybridized carbons (Fsp3) is 0.333. The maximum atomic E-state index is 12.4. The number of carbonyl (C=O) groups is 4. The van der Waals surface area contributed by atoms with E-state index in [2.05, 4.69) is 10.1 Å². The largest absolute Gasteiger partial charge is 0.477 e. The van der Waals surface area contributed by atoms with Gasteiger partial charge in [0.15, 0.2) is 0 Å². The quantitative estimate of drug-likeness (QED) is 0.580. The lowest BCUT2D eigenvalue weighted by atomic mass is 10.0. The Morgan fingerprint density at radius 2 is 2.19 bits per heavy atom. The van der Waals surface area contributed by atoms with Gasteiger partial charge in [-0.2, -0.15) is 0 Å². The first-order chi connectivity index (χ1) is 12.4. The van der Waals surface area contributed by atoms with Crippen molar-refractivity contribution in [1.82, 2.24) is 10.2 Å². The third kappa shape index (κ3) is 3.53. The van der Waals surface area contributed by atoms with Crippen LogP contribution in [0.25, 0.3) is 0 Å². The van der Waals surface area contributed by atoms with Gasteiger partial charge in [0.2, 0.25) is 5.91 Å². The first kappa shape index (κ1) is 18.3. The number of nitrogens with zero attached hydrogens (tertiary/aromatic N) is 1. The molecular weight excluding hydrogens is 382 g/mol. The molecular formula is C15H15N3O6S2. The van der Waals surface area contributed by atoms with Crippen LogP contribution >= 0.6 is 23.1 Å². The van der Waals surface area contributed by atoms with Crippen LogP contribution in [0.2, 0.25) is 0 Å². The van der Waals surface area contributed by atoms with Gasteiger partial charge in [-0.1, -0.05) is 6.07 Å². The zero-order chi connectivity index (χ0) is 18.8. The zero-order valence-corrected chi connectivity index (χ0v) is 15.0. The van der Waals surface area contributed by atoms with E-state index in [0.29, 0.717) is 0 Å². The Labute approximate surface area is 156 Å². The summed E-state index contributed by atoms with van der Waals surface area (Å²) in [5, 5.41) is 13.5. The number of carboxylic acid groups (broad SMARTS) is 1. The van der Waals surface area contributed by atoms with Crippen molar-refractivity contribution in [3.8, 4) is 0 Å². The minimum Gasteiger partial charge on any atom is -0.477 e. The van der Waals surface area contributed by atoms with Crippen molar-refractivity contribution in [2.75, 3.05) is 12.4 Å². The molecule has 9 nitrogen and oxygen atoms in total. The second-order valence-corrected chi connectivity index (χ2v) is 7.71. The van der Waals surface area contributed by atoms with Gasteiger partial charge in [0.05, 0.1) is 6.42 Å². The second-order valence-electron chi connectivity index (χ2n) is 5.58. The summed E-state index contributed by atoms with van der Waals surface area (Å²) >= 11 is 2.74. The van der Waals surface area contributed by atoms with E-state index in [0.717, 1.165) is 9.78 Å². The maximum Gasteiger partial charge on any atom is 0.404 e. The van der Waals surface area contributed by atoms with Gasteiger partial charge in [-0.05, 0) is 11.4 Å². The summed E-state index contributed by atoms with van der Waals surface area (Å²) in [4.78, 5) is 48.8. The monoisotopic (exact) mass is 397 g/mol. The van der Waals surface area contributed by atoms with Crippen LogP contribution in [0.1, 0.15) is 4.88 Å². The number of amides is 3. The molecule has 0 aromatic carbocycles. The molecule has 0 radical (unpaired) electrons. The van der Waals surface area contributed by atoms with Gasteiger partial charge in [0.25, 0.3) is 5.91 Å². The molecule has 4 N–H and O–H groups in total. The van der Waals surface area contributed by atoms with Crippen LogP contribution in [0.15, 0.2) is 28.8 Å². The fourth-order valence-corrected chi connectivity index (χ4v) is 4.78. The predicted molar refractivity (Wildman–Crippen MR) is 93.2 cm³/mol. The highest BCUT2D eigenvalue weighted by atomic mass is 32.2. The number of carbonyl (C=O) groups excluding carboxylic acids is 3. The lowest BCUT2D eigenvalue weighted by molar-refractivity contribution is -0.150. The van der Waals surface area contributed by atoms with Gasteiger partial charge in [0, 0.05) is 16.2 Å². The third-order valence-electron chi connectivity index (χ3n) is 3.87. The highest BCUT2D eigenvalue weighted by Crippen LogP contribution is 2.40. The summed E-state index contributed by atoms with van der Waals surface area (Å²) < 4.78 is 4.65. The molecule has 1 fully saturated rings. The topological polar surface area (TPSA) is 139 Å². The number of β-lactam (4-membered cyclic amide) rings is 1. The summed E-state index contributed by atoms with van der Waals surface area (Å²) in [5.41, 5.74) is 4.97. The van der Waals surface area contributed by atoms with E-state index in [9.17, 15) is 24.3 Å². The van der Waals surface area contributed by atoms with E-state index in [1.165, 1.54) is 23.1 Å². The van der Waals surface area contributed by atoms with Crippen LogP contribution in [0.3, 0.4) is 0 Å². The molecule has 2 aliphatic rings. The molecule has 0 saturated carbocycles. The molecule has 1 saturated heterocycles. The Morgan fingerprint density at radius 3 is 2.81 bits per heavy atom. The van der Waals surface area contributed by atoms with E-state index < -0.39 is 29.4 Å². The van der Waals surface area contributed by atoms with Crippen molar-refractivity contribution >= 4 is 47.0 Å². The highest BCUT2D eigenvalue weighted by molar-refractivity contribution is 8.00. The zero-order valence-electron chi connectivity index (χ0n) is 13.3. The van der Waals surface area contributed by atoms with Gasteiger partial charge in [-0.15, -0.1) is 23.1 Å². The molecule has 3 heterocycles. The van der Waals surface area contributed by atoms with Gasteiger partial charge >= 0.3 is 12.1 Å². The van der Waals surface area contributed by atoms with Gasteiger partial charge < -0.3 is 20.9 Å². The number of aliphatic carboxylic acids is 1. The molecule has 0 bridgehead atoms. The number of hydrogen-bond donors (Lipinski definition) is 3. The molecule has 3 amide bonds. The lowest BCUT2D eigenvalue weighted by Crippen LogP contribution is -2.70. The SMILES string of the molecule is NC(=O)OCC1=C(C(=O)O)N2C(=O)C(NC(=O)Cc3cccs3)[C@@H]2SC1. The number of nitrogens with two attached hydrogens (primary N) is 1. The van der Waals surface area contributed by atoms with Gasteiger partial charge in [0.1, 0.15) is 23.7 Å². The van der Waals surface area contributed by atoms with Crippen molar-refractivity contribution in [1.29, 1.82) is 0 Å². The first-order valence-corrected chi connectivity index (χ1v) is 9.45. The van der Waals surface area contributed by atoms with Crippen molar-refractivity contribution in [3.05, 3.63) is 33.7 Å². The van der Waals surface area contributed by atoms with E-state index in [1.807, 2.05) is 17.5 Å². The number of rotatable bonds is 6. The highest BCUT2D eigenvalue weighted by Gasteiger charge is 2.54. The molecule has 2 atom stereocenters. The first-order valence-electron chi connectivity index (χ1n) is 7.52. The van der Waals surface area contributed by atoms with Crippen LogP contribution in [-0.4, -0.2) is 57.7 Å². The summed E-state index contributed by atoms with van der Waals surface area (Å²) in [7, 11) is 0. The molecule has 138 valence electrons. The maximum absolute atomic E-state index is 12.4. The van der Waals surface area contributed by atoms with E-state index in [-0.39, 0.29) is 36.0 Å². The molecule has 3 rings (SSSR count).